The van der Waals surface area contributed by atoms with E-state index in [1.807, 2.05) is 13.8 Å². The fourth-order valence-corrected chi connectivity index (χ4v) is 5.37. The second kappa shape index (κ2) is 7.23. The number of nitrogens with zero attached hydrogens (tertiary/aromatic N) is 6. The fourth-order valence-electron chi connectivity index (χ4n) is 3.20. The Bertz CT molecular complexity index is 1040. The average Bonchev–Trinajstić information content (AvgIpc) is 3.36. The van der Waals surface area contributed by atoms with Gasteiger partial charge in [0.05, 0.1) is 17.8 Å². The van der Waals surface area contributed by atoms with E-state index in [2.05, 4.69) is 23.8 Å². The number of hydrogen-bond donors (Lipinski definition) is 0. The zero-order valence-electron chi connectivity index (χ0n) is 15.1. The molecule has 0 N–H and O–H groups in total. The smallest absolute Gasteiger partial charge is 0.245 e. The van der Waals surface area contributed by atoms with Gasteiger partial charge in [0.15, 0.2) is 5.82 Å². The molecule has 0 amide bonds. The standard InChI is InChI=1S/C16H20N6O3S2/c1-3-14-17-16(25-18-14)11(2)21-7-9-22(10-8-21)27(23,24)13-6-4-5-12-15(13)20-26-19-12/h4-6,11H,3,7-10H2,1-2H3/t11-/m1/s1. The first-order chi connectivity index (χ1) is 13.0. The molecule has 27 heavy (non-hydrogen) atoms. The molecular formula is C16H20N6O3S2. The van der Waals surface area contributed by atoms with Gasteiger partial charge in [-0.3, -0.25) is 4.90 Å². The number of fused-ring (bicyclic) bond motifs is 1. The summed E-state index contributed by atoms with van der Waals surface area (Å²) in [6.07, 6.45) is 0.721. The quantitative estimate of drug-likeness (QED) is 0.628. The molecule has 1 aromatic carbocycles. The Labute approximate surface area is 161 Å². The highest BCUT2D eigenvalue weighted by Crippen LogP contribution is 2.27. The molecule has 1 aliphatic heterocycles. The maximum absolute atomic E-state index is 13.1. The summed E-state index contributed by atoms with van der Waals surface area (Å²) in [7, 11) is -3.61. The summed E-state index contributed by atoms with van der Waals surface area (Å²) >= 11 is 1.02. The van der Waals surface area contributed by atoms with Crippen LogP contribution in [0.15, 0.2) is 27.6 Å². The summed E-state index contributed by atoms with van der Waals surface area (Å²) in [5.41, 5.74) is 1.05. The van der Waals surface area contributed by atoms with Crippen molar-refractivity contribution in [2.75, 3.05) is 26.2 Å². The zero-order chi connectivity index (χ0) is 19.0. The minimum atomic E-state index is -3.61. The summed E-state index contributed by atoms with van der Waals surface area (Å²) in [6.45, 7) is 5.95. The van der Waals surface area contributed by atoms with E-state index < -0.39 is 10.0 Å². The number of aromatic nitrogens is 4. The van der Waals surface area contributed by atoms with Crippen LogP contribution in [0.1, 0.15) is 31.6 Å². The molecule has 0 bridgehead atoms. The predicted octanol–water partition coefficient (Wildman–Crippen LogP) is 1.70. The Hall–Kier alpha value is -1.95. The van der Waals surface area contributed by atoms with Crippen molar-refractivity contribution >= 4 is 32.8 Å². The molecule has 0 radical (unpaired) electrons. The molecule has 0 aliphatic carbocycles. The monoisotopic (exact) mass is 408 g/mol. The lowest BCUT2D eigenvalue weighted by atomic mass is 10.2. The van der Waals surface area contributed by atoms with Crippen LogP contribution >= 0.6 is 11.7 Å². The molecule has 3 heterocycles. The van der Waals surface area contributed by atoms with Crippen LogP contribution in [-0.2, 0) is 16.4 Å². The average molecular weight is 409 g/mol. The van der Waals surface area contributed by atoms with Crippen LogP contribution in [0.5, 0.6) is 0 Å². The SMILES string of the molecule is CCc1noc([C@@H](C)N2CCN(S(=O)(=O)c3cccc4nsnc34)CC2)n1. The van der Waals surface area contributed by atoms with Gasteiger partial charge in [-0.2, -0.15) is 18.0 Å². The van der Waals surface area contributed by atoms with E-state index >= 15 is 0 Å². The maximum atomic E-state index is 13.1. The number of hydrogen-bond acceptors (Lipinski definition) is 9. The van der Waals surface area contributed by atoms with Gasteiger partial charge >= 0.3 is 0 Å². The van der Waals surface area contributed by atoms with Gasteiger partial charge in [-0.15, -0.1) is 0 Å². The summed E-state index contributed by atoms with van der Waals surface area (Å²) in [5.74, 6) is 1.25. The van der Waals surface area contributed by atoms with Crippen LogP contribution in [0, 0.1) is 0 Å². The molecule has 0 saturated carbocycles. The minimum Gasteiger partial charge on any atom is -0.338 e. The van der Waals surface area contributed by atoms with E-state index in [-0.39, 0.29) is 10.9 Å². The lowest BCUT2D eigenvalue weighted by molar-refractivity contribution is 0.124. The molecule has 4 rings (SSSR count). The Balaban J connectivity index is 1.49. The summed E-state index contributed by atoms with van der Waals surface area (Å²) in [6, 6.07) is 5.02. The second-order valence-corrected chi connectivity index (χ2v) is 8.84. The highest BCUT2D eigenvalue weighted by atomic mass is 32.2. The number of piperazine rings is 1. The van der Waals surface area contributed by atoms with E-state index in [9.17, 15) is 8.42 Å². The van der Waals surface area contributed by atoms with Crippen LogP contribution in [-0.4, -0.2) is 62.7 Å². The molecule has 2 aromatic heterocycles. The first kappa shape index (κ1) is 18.4. The number of rotatable bonds is 5. The Morgan fingerprint density at radius 1 is 1.22 bits per heavy atom. The Kier molecular flexibility index (Phi) is 4.93. The normalized spacial score (nSPS) is 18.1. The molecule has 1 atom stereocenters. The van der Waals surface area contributed by atoms with Crippen molar-refractivity contribution in [1.82, 2.24) is 28.1 Å². The van der Waals surface area contributed by atoms with Gasteiger partial charge in [-0.1, -0.05) is 18.1 Å². The first-order valence-corrected chi connectivity index (χ1v) is 11.0. The Morgan fingerprint density at radius 3 is 2.70 bits per heavy atom. The Morgan fingerprint density at radius 2 is 2.00 bits per heavy atom. The molecule has 1 saturated heterocycles. The van der Waals surface area contributed by atoms with Crippen LogP contribution < -0.4 is 0 Å². The molecule has 11 heteroatoms. The van der Waals surface area contributed by atoms with Crippen LogP contribution in [0.2, 0.25) is 0 Å². The zero-order valence-corrected chi connectivity index (χ0v) is 16.7. The van der Waals surface area contributed by atoms with E-state index in [0.29, 0.717) is 48.9 Å². The maximum Gasteiger partial charge on any atom is 0.245 e. The van der Waals surface area contributed by atoms with Gasteiger partial charge in [-0.25, -0.2) is 8.42 Å². The molecule has 3 aromatic rings. The molecule has 1 aliphatic rings. The molecule has 144 valence electrons. The minimum absolute atomic E-state index is 0.0474. The molecule has 0 unspecified atom stereocenters. The largest absolute Gasteiger partial charge is 0.338 e. The molecular weight excluding hydrogens is 388 g/mol. The van der Waals surface area contributed by atoms with Gasteiger partial charge in [0.1, 0.15) is 15.9 Å². The van der Waals surface area contributed by atoms with Crippen molar-refractivity contribution in [2.24, 2.45) is 0 Å². The topological polar surface area (TPSA) is 105 Å². The second-order valence-electron chi connectivity index (χ2n) is 6.41. The van der Waals surface area contributed by atoms with E-state index in [4.69, 9.17) is 4.52 Å². The number of aryl methyl sites for hydroxylation is 1. The third kappa shape index (κ3) is 3.35. The van der Waals surface area contributed by atoms with Gasteiger partial charge in [0.25, 0.3) is 0 Å². The van der Waals surface area contributed by atoms with E-state index in [1.54, 1.807) is 18.2 Å². The van der Waals surface area contributed by atoms with Gasteiger partial charge in [-0.05, 0) is 19.1 Å². The van der Waals surface area contributed by atoms with Crippen molar-refractivity contribution in [1.29, 1.82) is 0 Å². The lowest BCUT2D eigenvalue weighted by Gasteiger charge is -2.36. The molecule has 0 spiro atoms. The fraction of sp³-hybridized carbons (Fsp3) is 0.500. The molecule has 9 nitrogen and oxygen atoms in total. The van der Waals surface area contributed by atoms with Crippen molar-refractivity contribution in [2.45, 2.75) is 31.2 Å². The number of sulfonamides is 1. The van der Waals surface area contributed by atoms with Crippen molar-refractivity contribution in [3.63, 3.8) is 0 Å². The van der Waals surface area contributed by atoms with Crippen molar-refractivity contribution in [3.8, 4) is 0 Å². The molecule has 1 fully saturated rings. The third-order valence-electron chi connectivity index (χ3n) is 4.85. The summed E-state index contributed by atoms with van der Waals surface area (Å²) in [4.78, 5) is 6.76. The van der Waals surface area contributed by atoms with Crippen molar-refractivity contribution in [3.05, 3.63) is 29.9 Å². The lowest BCUT2D eigenvalue weighted by Crippen LogP contribution is -2.49. The van der Waals surface area contributed by atoms with E-state index in [0.717, 1.165) is 18.1 Å². The third-order valence-corrected chi connectivity index (χ3v) is 7.32. The van der Waals surface area contributed by atoms with Gasteiger partial charge in [0, 0.05) is 32.6 Å². The van der Waals surface area contributed by atoms with Crippen LogP contribution in [0.3, 0.4) is 0 Å². The van der Waals surface area contributed by atoms with Crippen LogP contribution in [0.4, 0.5) is 0 Å². The van der Waals surface area contributed by atoms with Crippen molar-refractivity contribution < 1.29 is 12.9 Å². The van der Waals surface area contributed by atoms with Crippen LogP contribution in [0.25, 0.3) is 11.0 Å². The predicted molar refractivity (Wildman–Crippen MR) is 99.8 cm³/mol. The number of benzene rings is 1. The first-order valence-electron chi connectivity index (χ1n) is 8.78. The van der Waals surface area contributed by atoms with Gasteiger partial charge < -0.3 is 4.52 Å². The summed E-state index contributed by atoms with van der Waals surface area (Å²) < 4.78 is 41.3. The van der Waals surface area contributed by atoms with E-state index in [1.165, 1.54) is 4.31 Å². The van der Waals surface area contributed by atoms with Gasteiger partial charge in [0.2, 0.25) is 15.9 Å². The highest BCUT2D eigenvalue weighted by Gasteiger charge is 2.33. The highest BCUT2D eigenvalue weighted by molar-refractivity contribution is 7.89. The summed E-state index contributed by atoms with van der Waals surface area (Å²) in [5, 5.41) is 3.94.